The van der Waals surface area contributed by atoms with Crippen molar-refractivity contribution in [3.63, 3.8) is 0 Å². The number of benzene rings is 1. The van der Waals surface area contributed by atoms with Crippen LogP contribution in [-0.4, -0.2) is 23.9 Å². The molecule has 0 atom stereocenters. The van der Waals surface area contributed by atoms with E-state index in [1.54, 1.807) is 0 Å². The molecule has 0 spiro atoms. The summed E-state index contributed by atoms with van der Waals surface area (Å²) < 4.78 is 0. The molecule has 118 valence electrons. The molecule has 3 nitrogen and oxygen atoms in total. The van der Waals surface area contributed by atoms with Crippen LogP contribution in [0.1, 0.15) is 43.7 Å². The maximum atomic E-state index is 12.9. The predicted molar refractivity (Wildman–Crippen MR) is 89.5 cm³/mol. The maximum absolute atomic E-state index is 12.9. The van der Waals surface area contributed by atoms with Crippen LogP contribution in [0.4, 0.5) is 0 Å². The Morgan fingerprint density at radius 2 is 1.90 bits per heavy atom. The van der Waals surface area contributed by atoms with Crippen LogP contribution in [0.5, 0.6) is 0 Å². The Morgan fingerprint density at radius 3 is 2.43 bits per heavy atom. The van der Waals surface area contributed by atoms with Gasteiger partial charge in [-0.25, -0.2) is 0 Å². The van der Waals surface area contributed by atoms with E-state index in [2.05, 4.69) is 26.0 Å². The lowest BCUT2D eigenvalue weighted by atomic mass is 9.84. The molecule has 1 aliphatic rings. The Balaban J connectivity index is 0.00000220. The maximum Gasteiger partial charge on any atom is 0.230 e. The zero-order chi connectivity index (χ0) is 14.6. The van der Waals surface area contributed by atoms with Gasteiger partial charge in [0.1, 0.15) is 0 Å². The third kappa shape index (κ3) is 3.78. The molecule has 0 radical (unpaired) electrons. The quantitative estimate of drug-likeness (QED) is 0.907. The average molecular weight is 311 g/mol. The molecule has 2 N–H and O–H groups in total. The summed E-state index contributed by atoms with van der Waals surface area (Å²) in [6.45, 7) is 6.08. The lowest BCUT2D eigenvalue weighted by Gasteiger charge is -2.33. The number of nitrogens with two attached hydrogens (primary N) is 1. The number of aryl methyl sites for hydroxylation is 1. The minimum absolute atomic E-state index is 0. The SMILES string of the molecule is CCN(Cc1ccccc1C)C(=O)C1(CN)CCCC1.Cl. The minimum Gasteiger partial charge on any atom is -0.338 e. The van der Waals surface area contributed by atoms with Gasteiger partial charge in [-0.3, -0.25) is 4.79 Å². The monoisotopic (exact) mass is 310 g/mol. The highest BCUT2D eigenvalue weighted by atomic mass is 35.5. The number of carbonyl (C=O) groups is 1. The Morgan fingerprint density at radius 1 is 1.29 bits per heavy atom. The molecule has 0 aromatic heterocycles. The second kappa shape index (κ2) is 7.81. The smallest absolute Gasteiger partial charge is 0.230 e. The Hall–Kier alpha value is -1.06. The van der Waals surface area contributed by atoms with E-state index in [-0.39, 0.29) is 23.7 Å². The van der Waals surface area contributed by atoms with Crippen LogP contribution >= 0.6 is 12.4 Å². The van der Waals surface area contributed by atoms with Crippen LogP contribution in [0.2, 0.25) is 0 Å². The first-order valence-corrected chi connectivity index (χ1v) is 7.67. The molecular weight excluding hydrogens is 284 g/mol. The average Bonchev–Trinajstić information content (AvgIpc) is 2.96. The van der Waals surface area contributed by atoms with Crippen LogP contribution in [-0.2, 0) is 11.3 Å². The number of hydrogen-bond donors (Lipinski definition) is 1. The van der Waals surface area contributed by atoms with Crippen molar-refractivity contribution in [3.8, 4) is 0 Å². The highest BCUT2D eigenvalue weighted by Crippen LogP contribution is 2.39. The summed E-state index contributed by atoms with van der Waals surface area (Å²) >= 11 is 0. The predicted octanol–water partition coefficient (Wildman–Crippen LogP) is 3.28. The summed E-state index contributed by atoms with van der Waals surface area (Å²) in [5, 5.41) is 0. The van der Waals surface area contributed by atoms with Crippen molar-refractivity contribution >= 4 is 18.3 Å². The van der Waals surface area contributed by atoms with E-state index in [9.17, 15) is 4.79 Å². The molecule has 1 saturated carbocycles. The fourth-order valence-corrected chi connectivity index (χ4v) is 3.21. The number of hydrogen-bond acceptors (Lipinski definition) is 2. The van der Waals surface area contributed by atoms with Crippen LogP contribution in [0.25, 0.3) is 0 Å². The Kier molecular flexibility index (Phi) is 6.69. The lowest BCUT2D eigenvalue weighted by Crippen LogP contribution is -2.46. The fourth-order valence-electron chi connectivity index (χ4n) is 3.21. The first-order chi connectivity index (χ1) is 9.63. The van der Waals surface area contributed by atoms with Gasteiger partial charge in [-0.15, -0.1) is 12.4 Å². The van der Waals surface area contributed by atoms with Gasteiger partial charge in [0.2, 0.25) is 5.91 Å². The molecule has 1 aromatic carbocycles. The van der Waals surface area contributed by atoms with Crippen molar-refractivity contribution < 1.29 is 4.79 Å². The van der Waals surface area contributed by atoms with Crippen molar-refractivity contribution in [3.05, 3.63) is 35.4 Å². The van der Waals surface area contributed by atoms with Gasteiger partial charge in [-0.2, -0.15) is 0 Å². The second-order valence-corrected chi connectivity index (χ2v) is 5.94. The van der Waals surface area contributed by atoms with Gasteiger partial charge >= 0.3 is 0 Å². The first kappa shape index (κ1) is 18.0. The van der Waals surface area contributed by atoms with Crippen molar-refractivity contribution in [2.45, 2.75) is 46.1 Å². The highest BCUT2D eigenvalue weighted by Gasteiger charge is 2.41. The van der Waals surface area contributed by atoms with E-state index in [4.69, 9.17) is 5.73 Å². The molecule has 2 rings (SSSR count). The number of carbonyl (C=O) groups excluding carboxylic acids is 1. The van der Waals surface area contributed by atoms with Crippen LogP contribution in [0.3, 0.4) is 0 Å². The third-order valence-electron chi connectivity index (χ3n) is 4.70. The van der Waals surface area contributed by atoms with Crippen LogP contribution < -0.4 is 5.73 Å². The second-order valence-electron chi connectivity index (χ2n) is 5.94. The summed E-state index contributed by atoms with van der Waals surface area (Å²) in [4.78, 5) is 14.9. The highest BCUT2D eigenvalue weighted by molar-refractivity contribution is 5.85. The van der Waals surface area contributed by atoms with E-state index in [1.807, 2.05) is 17.0 Å². The summed E-state index contributed by atoms with van der Waals surface area (Å²) in [6.07, 6.45) is 4.16. The van der Waals surface area contributed by atoms with E-state index >= 15 is 0 Å². The molecule has 1 aromatic rings. The van der Waals surface area contributed by atoms with Crippen LogP contribution in [0.15, 0.2) is 24.3 Å². The number of halogens is 1. The van der Waals surface area contributed by atoms with Gasteiger partial charge in [0.05, 0.1) is 5.41 Å². The molecule has 0 aliphatic heterocycles. The molecule has 21 heavy (non-hydrogen) atoms. The van der Waals surface area contributed by atoms with Crippen molar-refractivity contribution in [2.24, 2.45) is 11.1 Å². The number of amides is 1. The summed E-state index contributed by atoms with van der Waals surface area (Å²) in [7, 11) is 0. The standard InChI is InChI=1S/C17H26N2O.ClH/c1-3-19(12-15-9-5-4-8-14(15)2)16(20)17(13-18)10-6-7-11-17;/h4-5,8-9H,3,6-7,10-13,18H2,1-2H3;1H. The molecule has 1 fully saturated rings. The lowest BCUT2D eigenvalue weighted by molar-refractivity contribution is -0.141. The van der Waals surface area contributed by atoms with Crippen molar-refractivity contribution in [2.75, 3.05) is 13.1 Å². The first-order valence-electron chi connectivity index (χ1n) is 7.67. The van der Waals surface area contributed by atoms with E-state index < -0.39 is 0 Å². The number of rotatable bonds is 5. The molecule has 0 heterocycles. The zero-order valence-corrected chi connectivity index (χ0v) is 13.9. The van der Waals surface area contributed by atoms with E-state index in [0.29, 0.717) is 13.1 Å². The summed E-state index contributed by atoms with van der Waals surface area (Å²) in [6, 6.07) is 8.28. The number of nitrogens with zero attached hydrogens (tertiary/aromatic N) is 1. The van der Waals surface area contributed by atoms with Crippen molar-refractivity contribution in [1.29, 1.82) is 0 Å². The van der Waals surface area contributed by atoms with Gasteiger partial charge in [0, 0.05) is 19.6 Å². The minimum atomic E-state index is -0.293. The Labute approximate surface area is 134 Å². The molecule has 0 saturated heterocycles. The summed E-state index contributed by atoms with van der Waals surface area (Å²) in [5.74, 6) is 0.253. The third-order valence-corrected chi connectivity index (χ3v) is 4.70. The largest absolute Gasteiger partial charge is 0.338 e. The summed E-state index contributed by atoms with van der Waals surface area (Å²) in [5.41, 5.74) is 8.12. The molecule has 0 unspecified atom stereocenters. The molecule has 4 heteroatoms. The normalized spacial score (nSPS) is 16.3. The van der Waals surface area contributed by atoms with E-state index in [1.165, 1.54) is 11.1 Å². The fraction of sp³-hybridized carbons (Fsp3) is 0.588. The Bertz CT molecular complexity index is 470. The molecule has 1 amide bonds. The van der Waals surface area contributed by atoms with Gasteiger partial charge in [-0.05, 0) is 37.8 Å². The van der Waals surface area contributed by atoms with Gasteiger partial charge in [0.25, 0.3) is 0 Å². The topological polar surface area (TPSA) is 46.3 Å². The van der Waals surface area contributed by atoms with E-state index in [0.717, 1.165) is 32.2 Å². The van der Waals surface area contributed by atoms with Crippen molar-refractivity contribution in [1.82, 2.24) is 4.90 Å². The zero-order valence-electron chi connectivity index (χ0n) is 13.1. The van der Waals surface area contributed by atoms with Gasteiger partial charge in [-0.1, -0.05) is 37.1 Å². The molecule has 1 aliphatic carbocycles. The van der Waals surface area contributed by atoms with Gasteiger partial charge in [0.15, 0.2) is 0 Å². The van der Waals surface area contributed by atoms with Crippen LogP contribution in [0, 0.1) is 12.3 Å². The van der Waals surface area contributed by atoms with Gasteiger partial charge < -0.3 is 10.6 Å². The molecular formula is C17H27ClN2O. The molecule has 0 bridgehead atoms.